The van der Waals surface area contributed by atoms with Crippen molar-refractivity contribution in [2.75, 3.05) is 6.54 Å². The quantitative estimate of drug-likeness (QED) is 0.735. The molecule has 3 heterocycles. The smallest absolute Gasteiger partial charge is 0.233 e. The number of nitrogens with zero attached hydrogens (tertiary/aromatic N) is 4. The lowest BCUT2D eigenvalue weighted by molar-refractivity contribution is 0.0615. The van der Waals surface area contributed by atoms with Gasteiger partial charge in [0.25, 0.3) is 0 Å². The molecular weight excluding hydrogens is 349 g/mol. The summed E-state index contributed by atoms with van der Waals surface area (Å²) in [4.78, 5) is 0. The zero-order valence-electron chi connectivity index (χ0n) is 14.4. The van der Waals surface area contributed by atoms with Crippen LogP contribution in [-0.4, -0.2) is 49.9 Å². The molecule has 5 rings (SSSR count). The molecule has 1 aromatic carbocycles. The molecule has 0 spiro atoms. The first kappa shape index (κ1) is 16.2. The zero-order valence-corrected chi connectivity index (χ0v) is 14.4. The summed E-state index contributed by atoms with van der Waals surface area (Å²) in [5.74, 6) is 0.547. The summed E-state index contributed by atoms with van der Waals surface area (Å²) in [6, 6.07) is 10.3. The number of nitrogens with one attached hydrogen (secondary N) is 1. The number of phenols is 1. The van der Waals surface area contributed by atoms with Crippen LogP contribution in [0.4, 0.5) is 4.39 Å². The van der Waals surface area contributed by atoms with E-state index in [1.165, 1.54) is 0 Å². The Morgan fingerprint density at radius 1 is 1.22 bits per heavy atom. The van der Waals surface area contributed by atoms with E-state index in [-0.39, 0.29) is 17.7 Å². The number of alkyl halides is 1. The standard InChI is InChI=1S/C19H18FN5O2/c20-18-15-8-11(10-21-15)19(18)27-17-5-4-14(23-24-17)13-3-2-12(9-16(13)26)25-7-1-6-22-25/h1-7,9,11,15,18-19,21,26H,8,10H2/t11-,15-,18+,19-/m0/s1. The second kappa shape index (κ2) is 6.31. The predicted molar refractivity (Wildman–Crippen MR) is 95.5 cm³/mol. The Hall–Kier alpha value is -3.00. The molecular formula is C19H18FN5O2. The van der Waals surface area contributed by atoms with Gasteiger partial charge in [0.1, 0.15) is 11.9 Å². The van der Waals surface area contributed by atoms with Crippen molar-refractivity contribution in [3.05, 3.63) is 48.8 Å². The second-order valence-electron chi connectivity index (χ2n) is 6.95. The van der Waals surface area contributed by atoms with Gasteiger partial charge in [-0.15, -0.1) is 10.2 Å². The first-order chi connectivity index (χ1) is 13.2. The maximum absolute atomic E-state index is 14.2. The molecule has 2 aromatic heterocycles. The van der Waals surface area contributed by atoms with Crippen LogP contribution in [0.15, 0.2) is 48.8 Å². The number of phenolic OH excluding ortho intramolecular Hbond substituents is 1. The van der Waals surface area contributed by atoms with Gasteiger partial charge >= 0.3 is 0 Å². The van der Waals surface area contributed by atoms with E-state index < -0.39 is 12.3 Å². The minimum atomic E-state index is -1.02. The Morgan fingerprint density at radius 2 is 2.15 bits per heavy atom. The van der Waals surface area contributed by atoms with Crippen molar-refractivity contribution >= 4 is 0 Å². The van der Waals surface area contributed by atoms with Crippen LogP contribution >= 0.6 is 0 Å². The number of fused-ring (bicyclic) bond motifs is 2. The van der Waals surface area contributed by atoms with Gasteiger partial charge in [-0.3, -0.25) is 0 Å². The zero-order chi connectivity index (χ0) is 18.4. The van der Waals surface area contributed by atoms with Crippen molar-refractivity contribution in [1.82, 2.24) is 25.3 Å². The van der Waals surface area contributed by atoms with E-state index in [9.17, 15) is 9.50 Å². The minimum absolute atomic E-state index is 0.0777. The van der Waals surface area contributed by atoms with Crippen LogP contribution in [0, 0.1) is 5.92 Å². The van der Waals surface area contributed by atoms with Gasteiger partial charge < -0.3 is 15.2 Å². The van der Waals surface area contributed by atoms with Crippen LogP contribution in [0.1, 0.15) is 6.42 Å². The third-order valence-corrected chi connectivity index (χ3v) is 5.28. The van der Waals surface area contributed by atoms with Gasteiger partial charge in [0.2, 0.25) is 5.88 Å². The summed E-state index contributed by atoms with van der Waals surface area (Å²) < 4.78 is 21.6. The van der Waals surface area contributed by atoms with Crippen molar-refractivity contribution in [3.8, 4) is 28.6 Å². The SMILES string of the molecule is Oc1cc(-n2cccn2)ccc1-c1ccc(O[C@H]2[C@@H]3CN[C@@H](C3)[C@H]2F)nn1. The van der Waals surface area contributed by atoms with E-state index in [0.717, 1.165) is 18.7 Å². The Labute approximate surface area is 154 Å². The van der Waals surface area contributed by atoms with Gasteiger partial charge in [-0.1, -0.05) is 0 Å². The molecule has 0 amide bonds. The van der Waals surface area contributed by atoms with Gasteiger partial charge in [-0.2, -0.15) is 5.10 Å². The molecule has 1 saturated heterocycles. The van der Waals surface area contributed by atoms with Crippen molar-refractivity contribution < 1.29 is 14.2 Å². The highest BCUT2D eigenvalue weighted by Gasteiger charge is 2.50. The lowest BCUT2D eigenvalue weighted by atomic mass is 10.1. The van der Waals surface area contributed by atoms with E-state index in [1.54, 1.807) is 41.3 Å². The van der Waals surface area contributed by atoms with Crippen molar-refractivity contribution in [2.45, 2.75) is 24.7 Å². The van der Waals surface area contributed by atoms with E-state index in [1.807, 2.05) is 12.1 Å². The minimum Gasteiger partial charge on any atom is -0.507 e. The largest absolute Gasteiger partial charge is 0.507 e. The first-order valence-corrected chi connectivity index (χ1v) is 8.90. The number of aromatic nitrogens is 4. The molecule has 8 heteroatoms. The van der Waals surface area contributed by atoms with Gasteiger partial charge in [0, 0.05) is 48.6 Å². The van der Waals surface area contributed by atoms with Crippen LogP contribution in [0.3, 0.4) is 0 Å². The molecule has 2 N–H and O–H groups in total. The molecule has 1 aliphatic carbocycles. The second-order valence-corrected chi connectivity index (χ2v) is 6.95. The molecule has 0 radical (unpaired) electrons. The van der Waals surface area contributed by atoms with E-state index in [0.29, 0.717) is 17.1 Å². The molecule has 3 aromatic rings. The van der Waals surface area contributed by atoms with Crippen LogP contribution < -0.4 is 10.1 Å². The third-order valence-electron chi connectivity index (χ3n) is 5.28. The maximum Gasteiger partial charge on any atom is 0.233 e. The highest BCUT2D eigenvalue weighted by Crippen LogP contribution is 2.36. The predicted octanol–water partition coefficient (Wildman–Crippen LogP) is 2.11. The Kier molecular flexibility index (Phi) is 3.78. The molecule has 1 saturated carbocycles. The summed E-state index contributed by atoms with van der Waals surface area (Å²) in [6.07, 6.45) is 2.77. The molecule has 0 unspecified atom stereocenters. The van der Waals surface area contributed by atoms with E-state index >= 15 is 0 Å². The number of hydrogen-bond donors (Lipinski definition) is 2. The molecule has 138 valence electrons. The molecule has 4 atom stereocenters. The maximum atomic E-state index is 14.2. The van der Waals surface area contributed by atoms with Crippen LogP contribution in [0.5, 0.6) is 11.6 Å². The van der Waals surface area contributed by atoms with Crippen LogP contribution in [0.2, 0.25) is 0 Å². The summed E-state index contributed by atoms with van der Waals surface area (Å²) in [5.41, 5.74) is 1.81. The van der Waals surface area contributed by atoms with Gasteiger partial charge in [-0.05, 0) is 30.7 Å². The number of benzene rings is 1. The molecule has 2 bridgehead atoms. The number of piperidine rings is 1. The molecule has 27 heavy (non-hydrogen) atoms. The van der Waals surface area contributed by atoms with Gasteiger partial charge in [0.05, 0.1) is 11.4 Å². The van der Waals surface area contributed by atoms with Gasteiger partial charge in [-0.25, -0.2) is 9.07 Å². The molecule has 1 aliphatic heterocycles. The fraction of sp³-hybridized carbons (Fsp3) is 0.316. The first-order valence-electron chi connectivity index (χ1n) is 8.90. The van der Waals surface area contributed by atoms with Crippen LogP contribution in [0.25, 0.3) is 16.9 Å². The Bertz CT molecular complexity index is 945. The van der Waals surface area contributed by atoms with E-state index in [4.69, 9.17) is 4.74 Å². The van der Waals surface area contributed by atoms with Gasteiger partial charge in [0.15, 0.2) is 6.17 Å². The lowest BCUT2D eigenvalue weighted by Gasteiger charge is -2.26. The summed E-state index contributed by atoms with van der Waals surface area (Å²) in [6.45, 7) is 0.776. The third kappa shape index (κ3) is 2.82. The monoisotopic (exact) mass is 367 g/mol. The summed E-state index contributed by atoms with van der Waals surface area (Å²) in [5, 5.41) is 25.8. The molecule has 7 nitrogen and oxygen atoms in total. The molecule has 2 fully saturated rings. The highest BCUT2D eigenvalue weighted by atomic mass is 19.1. The fourth-order valence-corrected chi connectivity index (χ4v) is 3.91. The van der Waals surface area contributed by atoms with Crippen LogP contribution in [-0.2, 0) is 0 Å². The van der Waals surface area contributed by atoms with Crippen molar-refractivity contribution in [1.29, 1.82) is 0 Å². The average molecular weight is 367 g/mol. The Balaban J connectivity index is 1.34. The van der Waals surface area contributed by atoms with E-state index in [2.05, 4.69) is 20.6 Å². The normalized spacial score (nSPS) is 26.4. The topological polar surface area (TPSA) is 85.1 Å². The van der Waals surface area contributed by atoms with Crippen molar-refractivity contribution in [2.24, 2.45) is 5.92 Å². The summed E-state index contributed by atoms with van der Waals surface area (Å²) in [7, 11) is 0. The van der Waals surface area contributed by atoms with Crippen molar-refractivity contribution in [3.63, 3.8) is 0 Å². The fourth-order valence-electron chi connectivity index (χ4n) is 3.91. The number of aromatic hydroxyl groups is 1. The molecule has 2 aliphatic rings. The average Bonchev–Trinajstić information content (AvgIpc) is 3.42. The lowest BCUT2D eigenvalue weighted by Crippen LogP contribution is -2.46. The number of hydrogen-bond acceptors (Lipinski definition) is 6. The number of rotatable bonds is 4. The highest BCUT2D eigenvalue weighted by molar-refractivity contribution is 5.68. The number of ether oxygens (including phenoxy) is 1. The Morgan fingerprint density at radius 3 is 2.81 bits per heavy atom. The summed E-state index contributed by atoms with van der Waals surface area (Å²) >= 11 is 0. The number of halogens is 1.